The number of hydrogen-bond acceptors (Lipinski definition) is 3. The fourth-order valence-corrected chi connectivity index (χ4v) is 1.78. The Morgan fingerprint density at radius 3 is 2.48 bits per heavy atom. The largest absolute Gasteiger partial charge is 0.481 e. The van der Waals surface area contributed by atoms with Crippen molar-refractivity contribution in [3.05, 3.63) is 29.8 Å². The average Bonchev–Trinajstić information content (AvgIpc) is 2.43. The third-order valence-electron chi connectivity index (χ3n) is 2.92. The van der Waals surface area contributed by atoms with E-state index in [-0.39, 0.29) is 24.4 Å². The minimum Gasteiger partial charge on any atom is -0.481 e. The fourth-order valence-electron chi connectivity index (χ4n) is 1.78. The van der Waals surface area contributed by atoms with Gasteiger partial charge in [-0.05, 0) is 19.1 Å². The molecule has 1 rings (SSSR count). The highest BCUT2D eigenvalue weighted by Crippen LogP contribution is 2.22. The summed E-state index contributed by atoms with van der Waals surface area (Å²) in [5.41, 5.74) is -0.0164. The van der Waals surface area contributed by atoms with Crippen LogP contribution in [0.1, 0.15) is 24.2 Å². The van der Waals surface area contributed by atoms with Crippen molar-refractivity contribution in [2.24, 2.45) is 5.92 Å². The van der Waals surface area contributed by atoms with Crippen LogP contribution < -0.4 is 4.74 Å². The summed E-state index contributed by atoms with van der Waals surface area (Å²) in [7, 11) is 0. The Labute approximate surface area is 121 Å². The Morgan fingerprint density at radius 2 is 1.95 bits per heavy atom. The van der Waals surface area contributed by atoms with Crippen LogP contribution in [0, 0.1) is 5.92 Å². The number of carbonyl (C=O) groups is 2. The first-order chi connectivity index (χ1) is 9.86. The maximum Gasteiger partial charge on any atom is 0.387 e. The molecular weight excluding hydrogens is 284 g/mol. The van der Waals surface area contributed by atoms with E-state index in [0.717, 1.165) is 0 Å². The van der Waals surface area contributed by atoms with Crippen LogP contribution in [0.15, 0.2) is 24.3 Å². The molecule has 0 radical (unpaired) electrons. The predicted molar refractivity (Wildman–Crippen MR) is 71.5 cm³/mol. The molecule has 0 fully saturated rings. The normalized spacial score (nSPS) is 12.0. The molecule has 1 unspecified atom stereocenters. The van der Waals surface area contributed by atoms with Crippen LogP contribution in [0.25, 0.3) is 0 Å². The minimum absolute atomic E-state index is 0.00627. The van der Waals surface area contributed by atoms with E-state index in [4.69, 9.17) is 5.11 Å². The third-order valence-corrected chi connectivity index (χ3v) is 2.92. The Bertz CT molecular complexity index is 508. The van der Waals surface area contributed by atoms with Gasteiger partial charge in [0.1, 0.15) is 5.75 Å². The molecule has 116 valence electrons. The van der Waals surface area contributed by atoms with Crippen molar-refractivity contribution in [2.45, 2.75) is 20.5 Å². The number of carboxylic acid groups (broad SMARTS) is 1. The van der Waals surface area contributed by atoms with Crippen LogP contribution in [-0.4, -0.2) is 41.6 Å². The summed E-state index contributed by atoms with van der Waals surface area (Å²) in [5, 5.41) is 8.89. The van der Waals surface area contributed by atoms with E-state index in [2.05, 4.69) is 4.74 Å². The molecule has 1 N–H and O–H groups in total. The van der Waals surface area contributed by atoms with Gasteiger partial charge in [-0.15, -0.1) is 0 Å². The molecule has 21 heavy (non-hydrogen) atoms. The van der Waals surface area contributed by atoms with Crippen molar-refractivity contribution in [2.75, 3.05) is 13.1 Å². The summed E-state index contributed by atoms with van der Waals surface area (Å²) in [6.07, 6.45) is 0. The van der Waals surface area contributed by atoms with Gasteiger partial charge in [-0.2, -0.15) is 8.78 Å². The van der Waals surface area contributed by atoms with E-state index in [9.17, 15) is 18.4 Å². The number of rotatable bonds is 7. The van der Waals surface area contributed by atoms with Crippen molar-refractivity contribution >= 4 is 11.9 Å². The first kappa shape index (κ1) is 16.9. The number of alkyl halides is 2. The van der Waals surface area contributed by atoms with E-state index in [1.807, 2.05) is 0 Å². The molecule has 1 amide bonds. The fraction of sp³-hybridized carbons (Fsp3) is 0.429. The van der Waals surface area contributed by atoms with Crippen LogP contribution in [0.4, 0.5) is 8.78 Å². The second-order valence-electron chi connectivity index (χ2n) is 4.46. The number of carboxylic acids is 1. The predicted octanol–water partition coefficient (Wildman–Crippen LogP) is 2.47. The molecule has 0 spiro atoms. The maximum atomic E-state index is 12.3. The second kappa shape index (κ2) is 7.56. The quantitative estimate of drug-likeness (QED) is 0.840. The van der Waals surface area contributed by atoms with Crippen LogP contribution in [0.2, 0.25) is 0 Å². The van der Waals surface area contributed by atoms with Gasteiger partial charge in [-0.1, -0.05) is 19.1 Å². The Morgan fingerprint density at radius 1 is 1.33 bits per heavy atom. The van der Waals surface area contributed by atoms with Crippen LogP contribution >= 0.6 is 0 Å². The summed E-state index contributed by atoms with van der Waals surface area (Å²) in [6.45, 7) is 0.378. The van der Waals surface area contributed by atoms with Crippen molar-refractivity contribution in [3.63, 3.8) is 0 Å². The zero-order valence-corrected chi connectivity index (χ0v) is 11.8. The summed E-state index contributed by atoms with van der Waals surface area (Å²) < 4.78 is 29.0. The lowest BCUT2D eigenvalue weighted by Crippen LogP contribution is -2.37. The summed E-state index contributed by atoms with van der Waals surface area (Å²) >= 11 is 0. The van der Waals surface area contributed by atoms with Crippen molar-refractivity contribution in [3.8, 4) is 5.75 Å². The molecule has 0 aliphatic carbocycles. The van der Waals surface area contributed by atoms with Gasteiger partial charge in [0.2, 0.25) is 0 Å². The van der Waals surface area contributed by atoms with Gasteiger partial charge in [0, 0.05) is 13.1 Å². The first-order valence-corrected chi connectivity index (χ1v) is 6.42. The van der Waals surface area contributed by atoms with E-state index < -0.39 is 24.4 Å². The molecule has 0 saturated carbocycles. The third kappa shape index (κ3) is 4.70. The van der Waals surface area contributed by atoms with E-state index in [1.54, 1.807) is 6.92 Å². The summed E-state index contributed by atoms with van der Waals surface area (Å²) in [4.78, 5) is 24.5. The Balaban J connectivity index is 2.97. The molecule has 0 aliphatic rings. The smallest absolute Gasteiger partial charge is 0.387 e. The molecule has 7 heteroatoms. The lowest BCUT2D eigenvalue weighted by atomic mass is 10.1. The van der Waals surface area contributed by atoms with Gasteiger partial charge < -0.3 is 14.7 Å². The van der Waals surface area contributed by atoms with E-state index in [0.29, 0.717) is 0 Å². The highest BCUT2D eigenvalue weighted by atomic mass is 19.3. The average molecular weight is 301 g/mol. The van der Waals surface area contributed by atoms with Gasteiger partial charge in [0.05, 0.1) is 11.5 Å². The van der Waals surface area contributed by atoms with Crippen molar-refractivity contribution in [1.29, 1.82) is 0 Å². The molecule has 0 bridgehead atoms. The second-order valence-corrected chi connectivity index (χ2v) is 4.46. The number of benzene rings is 1. The number of ether oxygens (including phenoxy) is 1. The molecule has 1 atom stereocenters. The molecule has 1 aromatic rings. The number of carbonyl (C=O) groups excluding carboxylic acids is 1. The Hall–Kier alpha value is -2.18. The van der Waals surface area contributed by atoms with Crippen LogP contribution in [0.3, 0.4) is 0 Å². The number of amides is 1. The summed E-state index contributed by atoms with van der Waals surface area (Å²) in [5.74, 6) is -2.55. The topological polar surface area (TPSA) is 66.8 Å². The lowest BCUT2D eigenvalue weighted by molar-refractivity contribution is -0.141. The van der Waals surface area contributed by atoms with Crippen molar-refractivity contribution in [1.82, 2.24) is 4.90 Å². The van der Waals surface area contributed by atoms with Gasteiger partial charge in [-0.3, -0.25) is 9.59 Å². The zero-order chi connectivity index (χ0) is 16.0. The standard InChI is InChI=1S/C14H17F2NO4/c1-3-17(8-9(2)13(19)20)12(18)10-6-4-5-7-11(10)21-14(15)16/h4-7,9,14H,3,8H2,1-2H3,(H,19,20). The van der Waals surface area contributed by atoms with Crippen LogP contribution in [-0.2, 0) is 4.79 Å². The highest BCUT2D eigenvalue weighted by Gasteiger charge is 2.23. The number of aliphatic carboxylic acids is 1. The molecule has 1 aromatic carbocycles. The van der Waals surface area contributed by atoms with E-state index >= 15 is 0 Å². The van der Waals surface area contributed by atoms with Gasteiger partial charge in [0.15, 0.2) is 0 Å². The van der Waals surface area contributed by atoms with Gasteiger partial charge >= 0.3 is 12.6 Å². The molecule has 0 heterocycles. The first-order valence-electron chi connectivity index (χ1n) is 6.42. The van der Waals surface area contributed by atoms with Gasteiger partial charge in [0.25, 0.3) is 5.91 Å². The van der Waals surface area contributed by atoms with Crippen LogP contribution in [0.5, 0.6) is 5.75 Å². The number of hydrogen-bond donors (Lipinski definition) is 1. The minimum atomic E-state index is -3.04. The molecule has 0 saturated heterocycles. The lowest BCUT2D eigenvalue weighted by Gasteiger charge is -2.23. The maximum absolute atomic E-state index is 12.3. The number of para-hydroxylation sites is 1. The van der Waals surface area contributed by atoms with Gasteiger partial charge in [-0.25, -0.2) is 0 Å². The highest BCUT2D eigenvalue weighted by molar-refractivity contribution is 5.97. The monoisotopic (exact) mass is 301 g/mol. The SMILES string of the molecule is CCN(CC(C)C(=O)O)C(=O)c1ccccc1OC(F)F. The molecule has 0 aromatic heterocycles. The molecule has 0 aliphatic heterocycles. The summed E-state index contributed by atoms with van der Waals surface area (Å²) in [6, 6.07) is 5.65. The zero-order valence-electron chi connectivity index (χ0n) is 11.8. The van der Waals surface area contributed by atoms with Crippen molar-refractivity contribution < 1.29 is 28.2 Å². The number of halogens is 2. The van der Waals surface area contributed by atoms with E-state index in [1.165, 1.54) is 36.1 Å². The molecular formula is C14H17F2NO4. The Kier molecular flexibility index (Phi) is 6.08. The molecule has 5 nitrogen and oxygen atoms in total. The number of nitrogens with zero attached hydrogens (tertiary/aromatic N) is 1.